The molecule has 0 saturated carbocycles. The normalized spacial score (nSPS) is 12.9. The first-order chi connectivity index (χ1) is 12.6. The van der Waals surface area contributed by atoms with E-state index in [1.54, 1.807) is 0 Å². The molecule has 4 nitrogen and oxygen atoms in total. The maximum absolute atomic E-state index is 12.9. The van der Waals surface area contributed by atoms with Crippen molar-refractivity contribution in [3.05, 3.63) is 58.9 Å². The Morgan fingerprint density at radius 2 is 1.89 bits per heavy atom. The molecule has 5 heteroatoms. The number of hydrogen-bond donors (Lipinski definition) is 1. The molecule has 1 N–H and O–H groups in total. The van der Waals surface area contributed by atoms with Gasteiger partial charge < -0.3 is 14.8 Å². The molecule has 0 spiro atoms. The predicted molar refractivity (Wildman–Crippen MR) is 113 cm³/mol. The molecule has 0 aliphatic carbocycles. The highest BCUT2D eigenvalue weighted by Crippen LogP contribution is 2.18. The number of hydrogen-bond acceptors (Lipinski definition) is 1. The maximum atomic E-state index is 12.9. The average molecular weight is 390 g/mol. The van der Waals surface area contributed by atoms with Crippen LogP contribution in [0.1, 0.15) is 52.8 Å². The third-order valence-corrected chi connectivity index (χ3v) is 4.93. The molecule has 148 valence electrons. The minimum atomic E-state index is -0.269. The second-order valence-corrected chi connectivity index (χ2v) is 8.99. The zero-order chi connectivity index (χ0) is 20.2. The smallest absolute Gasteiger partial charge is 0.318 e. The fraction of sp³-hybridized carbons (Fsp3) is 0.500. The topological polar surface area (TPSA) is 37.3 Å². The van der Waals surface area contributed by atoms with Crippen molar-refractivity contribution in [2.75, 3.05) is 0 Å². The molecular formula is C22H32ClN3O. The molecule has 2 aromatic rings. The molecule has 0 fully saturated rings. The van der Waals surface area contributed by atoms with E-state index in [2.05, 4.69) is 49.0 Å². The van der Waals surface area contributed by atoms with Gasteiger partial charge in [0.15, 0.2) is 0 Å². The van der Waals surface area contributed by atoms with Gasteiger partial charge >= 0.3 is 6.03 Å². The molecule has 1 aromatic heterocycles. The highest BCUT2D eigenvalue weighted by molar-refractivity contribution is 6.30. The first-order valence-corrected chi connectivity index (χ1v) is 9.92. The summed E-state index contributed by atoms with van der Waals surface area (Å²) >= 11 is 6.12. The van der Waals surface area contributed by atoms with Crippen molar-refractivity contribution >= 4 is 17.6 Å². The van der Waals surface area contributed by atoms with E-state index in [9.17, 15) is 4.79 Å². The van der Waals surface area contributed by atoms with E-state index < -0.39 is 0 Å². The monoisotopic (exact) mass is 389 g/mol. The van der Waals surface area contributed by atoms with E-state index in [1.807, 2.05) is 49.9 Å². The summed E-state index contributed by atoms with van der Waals surface area (Å²) in [5.74, 6) is 0.368. The van der Waals surface area contributed by atoms with Crippen molar-refractivity contribution in [3.63, 3.8) is 0 Å². The van der Waals surface area contributed by atoms with E-state index in [0.29, 0.717) is 12.5 Å². The molecule has 0 aliphatic heterocycles. The van der Waals surface area contributed by atoms with E-state index in [4.69, 9.17) is 11.6 Å². The number of nitrogens with zero attached hydrogens (tertiary/aromatic N) is 2. The Kier molecular flexibility index (Phi) is 6.99. The molecule has 1 heterocycles. The van der Waals surface area contributed by atoms with E-state index >= 15 is 0 Å². The van der Waals surface area contributed by atoms with Gasteiger partial charge in [-0.1, -0.05) is 37.6 Å². The van der Waals surface area contributed by atoms with Crippen LogP contribution in [0.2, 0.25) is 5.02 Å². The lowest BCUT2D eigenvalue weighted by atomic mass is 10.0. The van der Waals surface area contributed by atoms with Crippen LogP contribution in [-0.2, 0) is 13.1 Å². The molecule has 1 unspecified atom stereocenters. The number of urea groups is 1. The average Bonchev–Trinajstić information content (AvgIpc) is 2.97. The summed E-state index contributed by atoms with van der Waals surface area (Å²) in [7, 11) is 0. The SMILES string of the molecule is CC(C)C(C)N(Cc1cccn1Cc1cccc(Cl)c1)C(=O)NC(C)(C)C. The Labute approximate surface area is 168 Å². The number of aromatic nitrogens is 1. The van der Waals surface area contributed by atoms with Crippen LogP contribution in [0.3, 0.4) is 0 Å². The van der Waals surface area contributed by atoms with Crippen LogP contribution in [0.4, 0.5) is 4.79 Å². The Hall–Kier alpha value is -1.94. The van der Waals surface area contributed by atoms with Crippen molar-refractivity contribution in [3.8, 4) is 0 Å². The zero-order valence-electron chi connectivity index (χ0n) is 17.3. The van der Waals surface area contributed by atoms with Crippen molar-refractivity contribution < 1.29 is 4.79 Å². The van der Waals surface area contributed by atoms with E-state index in [-0.39, 0.29) is 17.6 Å². The van der Waals surface area contributed by atoms with Gasteiger partial charge in [0.05, 0.1) is 6.54 Å². The summed E-state index contributed by atoms with van der Waals surface area (Å²) < 4.78 is 2.18. The Morgan fingerprint density at radius 3 is 2.48 bits per heavy atom. The number of halogens is 1. The highest BCUT2D eigenvalue weighted by Gasteiger charge is 2.26. The number of benzene rings is 1. The third-order valence-electron chi connectivity index (χ3n) is 4.70. The maximum Gasteiger partial charge on any atom is 0.318 e. The van der Waals surface area contributed by atoms with Gasteiger partial charge in [-0.15, -0.1) is 0 Å². The molecule has 2 rings (SSSR count). The fourth-order valence-corrected chi connectivity index (χ4v) is 3.12. The van der Waals surface area contributed by atoms with Crippen molar-refractivity contribution in [2.45, 2.75) is 66.2 Å². The molecule has 0 aliphatic rings. The quantitative estimate of drug-likeness (QED) is 0.691. The molecule has 1 aromatic carbocycles. The lowest BCUT2D eigenvalue weighted by Crippen LogP contribution is -2.52. The summed E-state index contributed by atoms with van der Waals surface area (Å²) in [6.45, 7) is 13.7. The van der Waals surface area contributed by atoms with Crippen molar-refractivity contribution in [1.29, 1.82) is 0 Å². The number of carbonyl (C=O) groups is 1. The van der Waals surface area contributed by atoms with Gasteiger partial charge in [-0.25, -0.2) is 4.79 Å². The summed E-state index contributed by atoms with van der Waals surface area (Å²) in [6.07, 6.45) is 2.05. The third kappa shape index (κ3) is 6.31. The lowest BCUT2D eigenvalue weighted by molar-refractivity contribution is 0.148. The highest BCUT2D eigenvalue weighted by atomic mass is 35.5. The summed E-state index contributed by atoms with van der Waals surface area (Å²) in [4.78, 5) is 14.9. The molecule has 1 atom stereocenters. The second-order valence-electron chi connectivity index (χ2n) is 8.55. The van der Waals surface area contributed by atoms with Crippen LogP contribution in [0, 0.1) is 5.92 Å². The van der Waals surface area contributed by atoms with Crippen LogP contribution < -0.4 is 5.32 Å². The van der Waals surface area contributed by atoms with Gasteiger partial charge in [0.25, 0.3) is 0 Å². The van der Waals surface area contributed by atoms with Gasteiger partial charge in [-0.05, 0) is 63.4 Å². The lowest BCUT2D eigenvalue weighted by Gasteiger charge is -2.35. The Balaban J connectivity index is 2.22. The van der Waals surface area contributed by atoms with Crippen LogP contribution >= 0.6 is 11.6 Å². The van der Waals surface area contributed by atoms with E-state index in [1.165, 1.54) is 0 Å². The molecule has 0 saturated heterocycles. The van der Waals surface area contributed by atoms with Crippen LogP contribution in [-0.4, -0.2) is 27.1 Å². The van der Waals surface area contributed by atoms with Gasteiger partial charge in [0.1, 0.15) is 0 Å². The number of amides is 2. The van der Waals surface area contributed by atoms with Crippen LogP contribution in [0.15, 0.2) is 42.6 Å². The van der Waals surface area contributed by atoms with Crippen molar-refractivity contribution in [2.24, 2.45) is 5.92 Å². The minimum absolute atomic E-state index is 0.0285. The molecule has 0 bridgehead atoms. The van der Waals surface area contributed by atoms with Crippen LogP contribution in [0.5, 0.6) is 0 Å². The minimum Gasteiger partial charge on any atom is -0.345 e. The largest absolute Gasteiger partial charge is 0.345 e. The number of carbonyl (C=O) groups excluding carboxylic acids is 1. The molecule has 27 heavy (non-hydrogen) atoms. The summed E-state index contributed by atoms with van der Waals surface area (Å²) in [6, 6.07) is 12.1. The van der Waals surface area contributed by atoms with Crippen molar-refractivity contribution in [1.82, 2.24) is 14.8 Å². The zero-order valence-corrected chi connectivity index (χ0v) is 18.0. The van der Waals surface area contributed by atoms with Gasteiger partial charge in [-0.2, -0.15) is 0 Å². The molecule has 0 radical (unpaired) electrons. The second kappa shape index (κ2) is 8.83. The Morgan fingerprint density at radius 1 is 1.19 bits per heavy atom. The fourth-order valence-electron chi connectivity index (χ4n) is 2.91. The molecular weight excluding hydrogens is 358 g/mol. The first-order valence-electron chi connectivity index (χ1n) is 9.54. The van der Waals surface area contributed by atoms with Crippen LogP contribution in [0.25, 0.3) is 0 Å². The summed E-state index contributed by atoms with van der Waals surface area (Å²) in [5.41, 5.74) is 1.98. The van der Waals surface area contributed by atoms with Gasteiger partial charge in [-0.3, -0.25) is 0 Å². The molecule has 2 amide bonds. The number of rotatable bonds is 6. The number of nitrogens with one attached hydrogen (secondary N) is 1. The standard InChI is InChI=1S/C22H32ClN3O/c1-16(2)17(3)26(21(27)24-22(4,5)6)15-20-11-8-12-25(20)14-18-9-7-10-19(23)13-18/h7-13,16-17H,14-15H2,1-6H3,(H,24,27). The summed E-state index contributed by atoms with van der Waals surface area (Å²) in [5, 5.41) is 3.84. The Bertz CT molecular complexity index is 761. The first kappa shape index (κ1) is 21.4. The predicted octanol–water partition coefficient (Wildman–Crippen LogP) is 5.54. The van der Waals surface area contributed by atoms with E-state index in [0.717, 1.165) is 22.8 Å². The van der Waals surface area contributed by atoms with Gasteiger partial charge in [0, 0.05) is 35.0 Å². The van der Waals surface area contributed by atoms with Gasteiger partial charge in [0.2, 0.25) is 0 Å².